The van der Waals surface area contributed by atoms with E-state index in [1.807, 2.05) is 19.1 Å². The van der Waals surface area contributed by atoms with Gasteiger partial charge in [-0.15, -0.1) is 0 Å². The molecule has 17 heavy (non-hydrogen) atoms. The third kappa shape index (κ3) is 2.79. The van der Waals surface area contributed by atoms with Crippen molar-refractivity contribution in [1.82, 2.24) is 4.72 Å². The van der Waals surface area contributed by atoms with Gasteiger partial charge in [-0.2, -0.15) is 0 Å². The summed E-state index contributed by atoms with van der Waals surface area (Å²) in [7, 11) is -2.51. The van der Waals surface area contributed by atoms with Crippen LogP contribution < -0.4 is 10.5 Å². The summed E-state index contributed by atoms with van der Waals surface area (Å²) in [5, 5.41) is 0. The molecule has 2 rings (SSSR count). The Morgan fingerprint density at radius 3 is 2.82 bits per heavy atom. The lowest BCUT2D eigenvalue weighted by Gasteiger charge is -2.23. The summed E-state index contributed by atoms with van der Waals surface area (Å²) >= 11 is 0. The third-order valence-electron chi connectivity index (χ3n) is 2.89. The molecule has 1 fully saturated rings. The molecular weight excluding hydrogens is 234 g/mol. The van der Waals surface area contributed by atoms with Gasteiger partial charge in [0, 0.05) is 12.2 Å². The van der Waals surface area contributed by atoms with Crippen molar-refractivity contribution in [2.45, 2.75) is 37.1 Å². The van der Waals surface area contributed by atoms with Gasteiger partial charge in [-0.1, -0.05) is 13.0 Å². The molecule has 0 aromatic heterocycles. The van der Waals surface area contributed by atoms with Crippen LogP contribution >= 0.6 is 0 Å². The lowest BCUT2D eigenvalue weighted by molar-refractivity contribution is 0.421. The first-order chi connectivity index (χ1) is 8.14. The number of anilines is 1. The van der Waals surface area contributed by atoms with Gasteiger partial charge in [-0.05, 0) is 37.5 Å². The van der Waals surface area contributed by atoms with Gasteiger partial charge in [-0.3, -0.25) is 0 Å². The van der Waals surface area contributed by atoms with E-state index in [-0.39, 0.29) is 6.04 Å². The van der Waals surface area contributed by atoms with E-state index in [1.54, 1.807) is 12.1 Å². The Kier molecular flexibility index (Phi) is 3.69. The number of nitrogens with two attached hydrogens (primary N) is 1. The average Bonchev–Trinajstić information content (AvgIpc) is 2.24. The highest BCUT2D eigenvalue weighted by Crippen LogP contribution is 2.25. The Hall–Kier alpha value is -1.07. The highest BCUT2D eigenvalue weighted by molar-refractivity contribution is 7.91. The summed E-state index contributed by atoms with van der Waals surface area (Å²) in [5.41, 5.74) is 6.36. The standard InChI is InChI=1S/C12H19N3OS/c1-2-14-17(16,15-11-6-4-7-11)12-8-3-5-10(13)9-12/h3,5,8-9,11H,2,4,6-7,13H2,1H3,(H,14,15,16). The second kappa shape index (κ2) is 5.06. The smallest absolute Gasteiger partial charge is 0.137 e. The van der Waals surface area contributed by atoms with Crippen LogP contribution in [0.2, 0.25) is 0 Å². The predicted molar refractivity (Wildman–Crippen MR) is 71.0 cm³/mol. The Morgan fingerprint density at radius 2 is 2.29 bits per heavy atom. The maximum atomic E-state index is 12.8. The monoisotopic (exact) mass is 253 g/mol. The van der Waals surface area contributed by atoms with Crippen LogP contribution in [0.4, 0.5) is 5.69 Å². The van der Waals surface area contributed by atoms with E-state index < -0.39 is 9.92 Å². The summed E-state index contributed by atoms with van der Waals surface area (Å²) in [6.07, 6.45) is 3.28. The first kappa shape index (κ1) is 12.4. The van der Waals surface area contributed by atoms with Gasteiger partial charge in [0.15, 0.2) is 0 Å². The topological polar surface area (TPSA) is 67.5 Å². The fraction of sp³-hybridized carbons (Fsp3) is 0.500. The molecular formula is C12H19N3OS. The maximum absolute atomic E-state index is 12.8. The van der Waals surface area contributed by atoms with Gasteiger partial charge in [-0.25, -0.2) is 13.3 Å². The van der Waals surface area contributed by atoms with Crippen molar-refractivity contribution in [2.24, 2.45) is 4.36 Å². The lowest BCUT2D eigenvalue weighted by atomic mass is 9.95. The SMILES string of the molecule is CCNS(=O)(=NC1CCC1)c1cccc(N)c1. The van der Waals surface area contributed by atoms with Crippen LogP contribution in [0.5, 0.6) is 0 Å². The van der Waals surface area contributed by atoms with E-state index in [1.165, 1.54) is 6.42 Å². The molecule has 0 heterocycles. The van der Waals surface area contributed by atoms with E-state index in [0.717, 1.165) is 12.8 Å². The highest BCUT2D eigenvalue weighted by Gasteiger charge is 2.21. The first-order valence-corrected chi connectivity index (χ1v) is 7.52. The van der Waals surface area contributed by atoms with Crippen molar-refractivity contribution >= 4 is 15.6 Å². The number of nitrogen functional groups attached to an aromatic ring is 1. The summed E-state index contributed by atoms with van der Waals surface area (Å²) in [6.45, 7) is 2.56. The van der Waals surface area contributed by atoms with E-state index in [0.29, 0.717) is 17.1 Å². The number of hydrogen-bond acceptors (Lipinski definition) is 3. The minimum absolute atomic E-state index is 0.239. The van der Waals surface area contributed by atoms with Crippen LogP contribution in [0.1, 0.15) is 26.2 Å². The molecule has 1 aromatic carbocycles. The zero-order valence-electron chi connectivity index (χ0n) is 10.1. The minimum atomic E-state index is -2.51. The van der Waals surface area contributed by atoms with E-state index >= 15 is 0 Å². The molecule has 0 spiro atoms. The van der Waals surface area contributed by atoms with Crippen LogP contribution in [0.25, 0.3) is 0 Å². The van der Waals surface area contributed by atoms with Crippen LogP contribution in [0, 0.1) is 0 Å². The summed E-state index contributed by atoms with van der Waals surface area (Å²) in [6, 6.07) is 7.41. The number of rotatable bonds is 4. The molecule has 1 unspecified atom stereocenters. The minimum Gasteiger partial charge on any atom is -0.399 e. The van der Waals surface area contributed by atoms with Crippen LogP contribution in [0.3, 0.4) is 0 Å². The van der Waals surface area contributed by atoms with E-state index in [4.69, 9.17) is 5.73 Å². The van der Waals surface area contributed by atoms with Crippen LogP contribution in [-0.2, 0) is 9.92 Å². The predicted octanol–water partition coefficient (Wildman–Crippen LogP) is 2.17. The fourth-order valence-corrected chi connectivity index (χ4v) is 3.71. The van der Waals surface area contributed by atoms with Crippen LogP contribution in [-0.4, -0.2) is 16.8 Å². The summed E-state index contributed by atoms with van der Waals surface area (Å²) in [5.74, 6) is 0. The van der Waals surface area contributed by atoms with Crippen molar-refractivity contribution in [1.29, 1.82) is 0 Å². The summed E-state index contributed by atoms with van der Waals surface area (Å²) in [4.78, 5) is 0.686. The molecule has 3 N–H and O–H groups in total. The van der Waals surface area contributed by atoms with E-state index in [2.05, 4.69) is 9.08 Å². The first-order valence-electron chi connectivity index (χ1n) is 6.00. The fourth-order valence-electron chi connectivity index (χ4n) is 1.77. The molecule has 94 valence electrons. The molecule has 4 nitrogen and oxygen atoms in total. The number of benzene rings is 1. The van der Waals surface area contributed by atoms with E-state index in [9.17, 15) is 4.21 Å². The zero-order valence-corrected chi connectivity index (χ0v) is 10.9. The summed E-state index contributed by atoms with van der Waals surface area (Å²) < 4.78 is 20.3. The molecule has 0 saturated heterocycles. The van der Waals surface area contributed by atoms with Gasteiger partial charge < -0.3 is 5.73 Å². The normalized spacial score (nSPS) is 19.4. The molecule has 0 amide bonds. The highest BCUT2D eigenvalue weighted by atomic mass is 32.2. The Labute approximate surface area is 103 Å². The van der Waals surface area contributed by atoms with Gasteiger partial charge in [0.05, 0.1) is 10.9 Å². The number of nitrogens with one attached hydrogen (secondary N) is 1. The Morgan fingerprint density at radius 1 is 1.53 bits per heavy atom. The van der Waals surface area contributed by atoms with Gasteiger partial charge in [0.2, 0.25) is 0 Å². The maximum Gasteiger partial charge on any atom is 0.137 e. The Balaban J connectivity index is 2.39. The Bertz CT molecular complexity index is 502. The molecule has 0 aliphatic heterocycles. The quantitative estimate of drug-likeness (QED) is 0.808. The molecule has 0 radical (unpaired) electrons. The third-order valence-corrected chi connectivity index (χ3v) is 5.06. The molecule has 1 aliphatic carbocycles. The van der Waals surface area contributed by atoms with Crippen molar-refractivity contribution in [3.8, 4) is 0 Å². The van der Waals surface area contributed by atoms with Gasteiger partial charge in [0.25, 0.3) is 0 Å². The second-order valence-electron chi connectivity index (χ2n) is 4.29. The lowest BCUT2D eigenvalue weighted by Crippen LogP contribution is -2.27. The number of hydrogen-bond donors (Lipinski definition) is 2. The van der Waals surface area contributed by atoms with Crippen molar-refractivity contribution in [3.63, 3.8) is 0 Å². The van der Waals surface area contributed by atoms with Crippen molar-refractivity contribution in [3.05, 3.63) is 24.3 Å². The van der Waals surface area contributed by atoms with Crippen molar-refractivity contribution < 1.29 is 4.21 Å². The molecule has 0 bridgehead atoms. The zero-order chi connectivity index (χ0) is 12.3. The molecule has 1 aromatic rings. The van der Waals surface area contributed by atoms with Crippen molar-refractivity contribution in [2.75, 3.05) is 12.3 Å². The number of nitrogens with zero attached hydrogens (tertiary/aromatic N) is 1. The molecule has 1 atom stereocenters. The van der Waals surface area contributed by atoms with Gasteiger partial charge in [0.1, 0.15) is 9.92 Å². The van der Waals surface area contributed by atoms with Gasteiger partial charge >= 0.3 is 0 Å². The average molecular weight is 253 g/mol. The molecule has 1 aliphatic rings. The molecule has 5 heteroatoms. The van der Waals surface area contributed by atoms with Crippen LogP contribution in [0.15, 0.2) is 33.5 Å². The second-order valence-corrected chi connectivity index (χ2v) is 6.31. The largest absolute Gasteiger partial charge is 0.399 e. The molecule has 1 saturated carbocycles.